The normalized spacial score (nSPS) is 15.0. The molecule has 0 atom stereocenters. The number of furan rings is 1. The van der Waals surface area contributed by atoms with Crippen LogP contribution in [0.4, 0.5) is 11.8 Å². The van der Waals surface area contributed by atoms with Crippen molar-refractivity contribution in [1.82, 2.24) is 19.9 Å². The Labute approximate surface area is 148 Å². The molecule has 8 nitrogen and oxygen atoms in total. The van der Waals surface area contributed by atoms with Crippen LogP contribution in [0.3, 0.4) is 0 Å². The van der Waals surface area contributed by atoms with Gasteiger partial charge < -0.3 is 20.0 Å². The number of aryl methyl sites for hydroxylation is 1. The van der Waals surface area contributed by atoms with Crippen molar-refractivity contribution in [3.8, 4) is 0 Å². The standard InChI is InChI=1S/C16H18N6O2S/c17-16-19-14(13-15(20-16)25-10-18-13)22-7-5-21(6-8-22)12(23)4-3-11-2-1-9-24-11/h1-2,9-10H,3-8H2,(H2,17,19,20). The van der Waals surface area contributed by atoms with Crippen LogP contribution in [-0.4, -0.2) is 51.9 Å². The van der Waals surface area contributed by atoms with E-state index in [1.54, 1.807) is 11.8 Å². The highest BCUT2D eigenvalue weighted by atomic mass is 32.1. The molecule has 0 aliphatic carbocycles. The summed E-state index contributed by atoms with van der Waals surface area (Å²) in [5.74, 6) is 2.00. The van der Waals surface area contributed by atoms with Gasteiger partial charge in [-0.15, -0.1) is 11.3 Å². The molecule has 4 heterocycles. The van der Waals surface area contributed by atoms with Crippen LogP contribution in [0, 0.1) is 0 Å². The maximum absolute atomic E-state index is 12.4. The number of rotatable bonds is 4. The van der Waals surface area contributed by atoms with E-state index in [0.717, 1.165) is 21.9 Å². The first-order chi connectivity index (χ1) is 12.2. The number of aromatic nitrogens is 3. The Bertz CT molecular complexity index is 870. The van der Waals surface area contributed by atoms with Crippen molar-refractivity contribution < 1.29 is 9.21 Å². The zero-order chi connectivity index (χ0) is 17.2. The van der Waals surface area contributed by atoms with Crippen LogP contribution in [0.1, 0.15) is 12.2 Å². The summed E-state index contributed by atoms with van der Waals surface area (Å²) in [5, 5.41) is 0. The fraction of sp³-hybridized carbons (Fsp3) is 0.375. The van der Waals surface area contributed by atoms with Crippen LogP contribution in [0.25, 0.3) is 10.3 Å². The summed E-state index contributed by atoms with van der Waals surface area (Å²) in [4.78, 5) is 30.1. The van der Waals surface area contributed by atoms with Gasteiger partial charge in [0.25, 0.3) is 0 Å². The van der Waals surface area contributed by atoms with Gasteiger partial charge >= 0.3 is 0 Å². The number of carbonyl (C=O) groups is 1. The van der Waals surface area contributed by atoms with Crippen LogP contribution in [-0.2, 0) is 11.2 Å². The molecule has 25 heavy (non-hydrogen) atoms. The van der Waals surface area contributed by atoms with E-state index >= 15 is 0 Å². The molecular formula is C16H18N6O2S. The van der Waals surface area contributed by atoms with Crippen molar-refractivity contribution in [2.45, 2.75) is 12.8 Å². The van der Waals surface area contributed by atoms with E-state index in [2.05, 4.69) is 19.9 Å². The molecule has 3 aromatic rings. The van der Waals surface area contributed by atoms with E-state index in [1.165, 1.54) is 11.3 Å². The van der Waals surface area contributed by atoms with Crippen molar-refractivity contribution >= 4 is 39.4 Å². The quantitative estimate of drug-likeness (QED) is 0.755. The molecule has 1 aliphatic heterocycles. The molecule has 9 heteroatoms. The van der Waals surface area contributed by atoms with Crippen molar-refractivity contribution in [2.75, 3.05) is 36.8 Å². The van der Waals surface area contributed by atoms with E-state index in [9.17, 15) is 4.79 Å². The van der Waals surface area contributed by atoms with Crippen molar-refractivity contribution in [1.29, 1.82) is 0 Å². The second-order valence-corrected chi connectivity index (χ2v) is 6.69. The fourth-order valence-electron chi connectivity index (χ4n) is 2.99. The highest BCUT2D eigenvalue weighted by Crippen LogP contribution is 2.26. The molecule has 0 spiro atoms. The number of nitrogen functional groups attached to an aromatic ring is 1. The Kier molecular flexibility index (Phi) is 4.22. The number of nitrogens with zero attached hydrogens (tertiary/aromatic N) is 5. The van der Waals surface area contributed by atoms with E-state index in [4.69, 9.17) is 10.2 Å². The average Bonchev–Trinajstić information content (AvgIpc) is 3.30. The summed E-state index contributed by atoms with van der Waals surface area (Å²) in [5.41, 5.74) is 8.33. The Morgan fingerprint density at radius 2 is 2.12 bits per heavy atom. The molecule has 4 rings (SSSR count). The minimum absolute atomic E-state index is 0.150. The third-order valence-corrected chi connectivity index (χ3v) is 5.01. The minimum Gasteiger partial charge on any atom is -0.469 e. The van der Waals surface area contributed by atoms with Gasteiger partial charge in [-0.3, -0.25) is 4.79 Å². The lowest BCUT2D eigenvalue weighted by Crippen LogP contribution is -2.49. The molecule has 0 aromatic carbocycles. The number of fused-ring (bicyclic) bond motifs is 1. The van der Waals surface area contributed by atoms with Crippen LogP contribution in [0.5, 0.6) is 0 Å². The lowest BCUT2D eigenvalue weighted by molar-refractivity contribution is -0.131. The molecule has 1 fully saturated rings. The van der Waals surface area contributed by atoms with Crippen molar-refractivity contribution in [3.63, 3.8) is 0 Å². The molecule has 0 bridgehead atoms. The summed E-state index contributed by atoms with van der Waals surface area (Å²) >= 11 is 1.45. The van der Waals surface area contributed by atoms with Gasteiger partial charge in [-0.25, -0.2) is 9.97 Å². The number of hydrogen-bond donors (Lipinski definition) is 1. The van der Waals surface area contributed by atoms with E-state index in [0.29, 0.717) is 39.0 Å². The SMILES string of the molecule is Nc1nc(N2CCN(C(=O)CCc3ccco3)CC2)c2ncsc2n1. The lowest BCUT2D eigenvalue weighted by Gasteiger charge is -2.35. The molecule has 0 radical (unpaired) electrons. The smallest absolute Gasteiger partial charge is 0.223 e. The number of carbonyl (C=O) groups excluding carboxylic acids is 1. The van der Waals surface area contributed by atoms with E-state index in [-0.39, 0.29) is 11.9 Å². The second-order valence-electron chi connectivity index (χ2n) is 5.86. The molecule has 1 amide bonds. The summed E-state index contributed by atoms with van der Waals surface area (Å²) in [6.07, 6.45) is 2.73. The summed E-state index contributed by atoms with van der Waals surface area (Å²) in [6, 6.07) is 3.73. The van der Waals surface area contributed by atoms with Crippen LogP contribution in [0.15, 0.2) is 28.3 Å². The topological polar surface area (TPSA) is 101 Å². The predicted molar refractivity (Wildman–Crippen MR) is 95.4 cm³/mol. The largest absolute Gasteiger partial charge is 0.469 e. The molecule has 1 aliphatic rings. The number of piperazine rings is 1. The first-order valence-electron chi connectivity index (χ1n) is 8.12. The maximum atomic E-state index is 12.4. The van der Waals surface area contributed by atoms with Gasteiger partial charge in [0.05, 0.1) is 11.8 Å². The molecular weight excluding hydrogens is 340 g/mol. The van der Waals surface area contributed by atoms with Gasteiger partial charge in [-0.05, 0) is 12.1 Å². The Morgan fingerprint density at radius 1 is 1.28 bits per heavy atom. The van der Waals surface area contributed by atoms with E-state index in [1.807, 2.05) is 17.0 Å². The predicted octanol–water partition coefficient (Wildman–Crippen LogP) is 1.54. The van der Waals surface area contributed by atoms with Crippen LogP contribution < -0.4 is 10.6 Å². The first kappa shape index (κ1) is 15.8. The van der Waals surface area contributed by atoms with Gasteiger partial charge in [0, 0.05) is 39.0 Å². The number of nitrogens with two attached hydrogens (primary N) is 1. The fourth-order valence-corrected chi connectivity index (χ4v) is 3.65. The van der Waals surface area contributed by atoms with Crippen LogP contribution in [0.2, 0.25) is 0 Å². The summed E-state index contributed by atoms with van der Waals surface area (Å²) in [7, 11) is 0. The highest BCUT2D eigenvalue weighted by Gasteiger charge is 2.24. The van der Waals surface area contributed by atoms with Gasteiger partial charge in [0.15, 0.2) is 10.6 Å². The second kappa shape index (κ2) is 6.67. The number of anilines is 2. The highest BCUT2D eigenvalue weighted by molar-refractivity contribution is 7.16. The Morgan fingerprint density at radius 3 is 2.88 bits per heavy atom. The first-order valence-corrected chi connectivity index (χ1v) is 9.00. The lowest BCUT2D eigenvalue weighted by atomic mass is 10.2. The molecule has 0 saturated carbocycles. The van der Waals surface area contributed by atoms with Gasteiger partial charge in [0.2, 0.25) is 11.9 Å². The monoisotopic (exact) mass is 358 g/mol. The zero-order valence-electron chi connectivity index (χ0n) is 13.6. The minimum atomic E-state index is 0.150. The number of thiazole rings is 1. The summed E-state index contributed by atoms with van der Waals surface area (Å²) < 4.78 is 5.28. The number of hydrogen-bond acceptors (Lipinski definition) is 8. The molecule has 3 aromatic heterocycles. The molecule has 0 unspecified atom stereocenters. The third-order valence-electron chi connectivity index (χ3n) is 4.29. The van der Waals surface area contributed by atoms with Crippen molar-refractivity contribution in [3.05, 3.63) is 29.7 Å². The Balaban J connectivity index is 1.39. The average molecular weight is 358 g/mol. The summed E-state index contributed by atoms with van der Waals surface area (Å²) in [6.45, 7) is 2.73. The van der Waals surface area contributed by atoms with Gasteiger partial charge in [0.1, 0.15) is 11.3 Å². The third kappa shape index (κ3) is 3.27. The van der Waals surface area contributed by atoms with Crippen LogP contribution >= 0.6 is 11.3 Å². The van der Waals surface area contributed by atoms with E-state index < -0.39 is 0 Å². The zero-order valence-corrected chi connectivity index (χ0v) is 14.4. The molecule has 1 saturated heterocycles. The van der Waals surface area contributed by atoms with Gasteiger partial charge in [-0.1, -0.05) is 0 Å². The Hall–Kier alpha value is -2.68. The van der Waals surface area contributed by atoms with Gasteiger partial charge in [-0.2, -0.15) is 4.98 Å². The maximum Gasteiger partial charge on any atom is 0.223 e. The van der Waals surface area contributed by atoms with Crippen molar-refractivity contribution in [2.24, 2.45) is 0 Å². The molecule has 130 valence electrons. The number of amides is 1. The molecule has 2 N–H and O–H groups in total.